The first kappa shape index (κ1) is 17.2. The van der Waals surface area contributed by atoms with E-state index < -0.39 is 0 Å². The predicted octanol–water partition coefficient (Wildman–Crippen LogP) is 6.64. The van der Waals surface area contributed by atoms with Gasteiger partial charge < -0.3 is 0 Å². The van der Waals surface area contributed by atoms with Gasteiger partial charge in [0.25, 0.3) is 0 Å². The molecule has 0 aromatic rings. The molecule has 0 spiro atoms. The number of unbranched alkanes of at least 4 members (excludes halogenated alkanes) is 10. The molecule has 0 aliphatic rings. The third kappa shape index (κ3) is 16.2. The van der Waals surface area contributed by atoms with Crippen molar-refractivity contribution >= 4 is 15.9 Å². The molecule has 17 heavy (non-hydrogen) atoms. The second kappa shape index (κ2) is 16.2. The average Bonchev–Trinajstić information content (AvgIpc) is 2.35. The van der Waals surface area contributed by atoms with E-state index in [0.717, 1.165) is 0 Å². The standard InChI is InChI=1S/C16H31Br/c1-2-3-4-5-6-7-8-9-10-11-12-13-14-15-16-17/h5-6H,2-4,7-16H2,1H3/b6-5-. The van der Waals surface area contributed by atoms with Gasteiger partial charge >= 0.3 is 0 Å². The van der Waals surface area contributed by atoms with Gasteiger partial charge in [0.2, 0.25) is 0 Å². The largest absolute Gasteiger partial charge is 0.0928 e. The summed E-state index contributed by atoms with van der Waals surface area (Å²) in [6.45, 7) is 2.26. The minimum Gasteiger partial charge on any atom is -0.0928 e. The third-order valence-corrected chi connectivity index (χ3v) is 3.71. The first-order valence-electron chi connectivity index (χ1n) is 7.62. The Balaban J connectivity index is 2.96. The van der Waals surface area contributed by atoms with E-state index in [1.54, 1.807) is 0 Å². The quantitative estimate of drug-likeness (QED) is 0.203. The van der Waals surface area contributed by atoms with Crippen LogP contribution < -0.4 is 0 Å². The monoisotopic (exact) mass is 302 g/mol. The van der Waals surface area contributed by atoms with Crippen LogP contribution in [0.2, 0.25) is 0 Å². The summed E-state index contributed by atoms with van der Waals surface area (Å²) in [6.07, 6.45) is 21.3. The van der Waals surface area contributed by atoms with Crippen molar-refractivity contribution < 1.29 is 0 Å². The van der Waals surface area contributed by atoms with Gasteiger partial charge in [-0.05, 0) is 25.7 Å². The second-order valence-electron chi connectivity index (χ2n) is 4.92. The van der Waals surface area contributed by atoms with E-state index in [-0.39, 0.29) is 0 Å². The van der Waals surface area contributed by atoms with E-state index in [9.17, 15) is 0 Å². The molecule has 0 bridgehead atoms. The molecule has 0 radical (unpaired) electrons. The minimum absolute atomic E-state index is 1.18. The third-order valence-electron chi connectivity index (χ3n) is 3.15. The number of hydrogen-bond donors (Lipinski definition) is 0. The van der Waals surface area contributed by atoms with Crippen LogP contribution in [0.1, 0.15) is 84.0 Å². The molecule has 0 amide bonds. The van der Waals surface area contributed by atoms with Crippen LogP contribution in [0.3, 0.4) is 0 Å². The normalized spacial score (nSPS) is 11.4. The van der Waals surface area contributed by atoms with Crippen LogP contribution >= 0.6 is 15.9 Å². The smallest absolute Gasteiger partial charge is 0.00313 e. The average molecular weight is 303 g/mol. The van der Waals surface area contributed by atoms with Gasteiger partial charge in [0.05, 0.1) is 0 Å². The Morgan fingerprint density at radius 3 is 1.65 bits per heavy atom. The topological polar surface area (TPSA) is 0 Å². The summed E-state index contributed by atoms with van der Waals surface area (Å²) in [7, 11) is 0. The molecule has 1 heteroatoms. The van der Waals surface area contributed by atoms with Crippen LogP contribution in [0.25, 0.3) is 0 Å². The zero-order chi connectivity index (χ0) is 12.6. The van der Waals surface area contributed by atoms with Gasteiger partial charge in [-0.15, -0.1) is 0 Å². The van der Waals surface area contributed by atoms with Crippen molar-refractivity contribution in [2.45, 2.75) is 84.0 Å². The van der Waals surface area contributed by atoms with Gasteiger partial charge in [0.15, 0.2) is 0 Å². The fourth-order valence-corrected chi connectivity index (χ4v) is 2.37. The summed E-state index contributed by atoms with van der Waals surface area (Å²) in [4.78, 5) is 0. The molecule has 0 saturated carbocycles. The van der Waals surface area contributed by atoms with Crippen LogP contribution in [0, 0.1) is 0 Å². The maximum absolute atomic E-state index is 3.48. The van der Waals surface area contributed by atoms with E-state index in [1.807, 2.05) is 0 Å². The fourth-order valence-electron chi connectivity index (χ4n) is 1.98. The summed E-state index contributed by atoms with van der Waals surface area (Å²) in [6, 6.07) is 0. The van der Waals surface area contributed by atoms with Crippen molar-refractivity contribution in [3.05, 3.63) is 12.2 Å². The van der Waals surface area contributed by atoms with Crippen molar-refractivity contribution in [3.8, 4) is 0 Å². The lowest BCUT2D eigenvalue weighted by molar-refractivity contribution is 0.579. The molecule has 0 aromatic heterocycles. The first-order chi connectivity index (χ1) is 8.41. The molecule has 0 heterocycles. The van der Waals surface area contributed by atoms with Gasteiger partial charge in [-0.25, -0.2) is 0 Å². The SMILES string of the molecule is CCCC/C=C\CCCCCCCCCCBr. The van der Waals surface area contributed by atoms with Gasteiger partial charge in [-0.2, -0.15) is 0 Å². The second-order valence-corrected chi connectivity index (χ2v) is 5.71. The van der Waals surface area contributed by atoms with Crippen molar-refractivity contribution in [1.29, 1.82) is 0 Å². The number of hydrogen-bond acceptors (Lipinski definition) is 0. The fraction of sp³-hybridized carbons (Fsp3) is 0.875. The highest BCUT2D eigenvalue weighted by atomic mass is 79.9. The lowest BCUT2D eigenvalue weighted by Crippen LogP contribution is -1.81. The van der Waals surface area contributed by atoms with E-state index in [1.165, 1.54) is 82.4 Å². The molecule has 0 fully saturated rings. The molecular formula is C16H31Br. The van der Waals surface area contributed by atoms with Gasteiger partial charge in [0.1, 0.15) is 0 Å². The van der Waals surface area contributed by atoms with E-state index in [0.29, 0.717) is 0 Å². The van der Waals surface area contributed by atoms with Crippen molar-refractivity contribution in [2.75, 3.05) is 5.33 Å². The van der Waals surface area contributed by atoms with Gasteiger partial charge in [-0.1, -0.05) is 86.4 Å². The molecule has 0 rings (SSSR count). The number of rotatable bonds is 13. The van der Waals surface area contributed by atoms with Crippen molar-refractivity contribution in [3.63, 3.8) is 0 Å². The molecule has 0 nitrogen and oxygen atoms in total. The van der Waals surface area contributed by atoms with Crippen molar-refractivity contribution in [2.24, 2.45) is 0 Å². The minimum atomic E-state index is 1.18. The van der Waals surface area contributed by atoms with Crippen LogP contribution in [0.15, 0.2) is 12.2 Å². The molecule has 102 valence electrons. The number of halogens is 1. The Labute approximate surface area is 117 Å². The van der Waals surface area contributed by atoms with Crippen LogP contribution in [0.5, 0.6) is 0 Å². The highest BCUT2D eigenvalue weighted by Gasteiger charge is 1.91. The molecule has 0 saturated heterocycles. The first-order valence-corrected chi connectivity index (χ1v) is 8.75. The Bertz CT molecular complexity index is 152. The van der Waals surface area contributed by atoms with E-state index in [2.05, 4.69) is 35.0 Å². The summed E-state index contributed by atoms with van der Waals surface area (Å²) < 4.78 is 0. The van der Waals surface area contributed by atoms with Crippen LogP contribution in [-0.2, 0) is 0 Å². The van der Waals surface area contributed by atoms with E-state index in [4.69, 9.17) is 0 Å². The zero-order valence-corrected chi connectivity index (χ0v) is 13.3. The number of alkyl halides is 1. The molecule has 0 N–H and O–H groups in total. The summed E-state index contributed by atoms with van der Waals surface area (Å²) >= 11 is 3.48. The molecular weight excluding hydrogens is 272 g/mol. The molecule has 0 aliphatic carbocycles. The Hall–Kier alpha value is 0.220. The van der Waals surface area contributed by atoms with Crippen molar-refractivity contribution in [1.82, 2.24) is 0 Å². The highest BCUT2D eigenvalue weighted by Crippen LogP contribution is 2.10. The molecule has 0 aliphatic heterocycles. The predicted molar refractivity (Wildman–Crippen MR) is 84.0 cm³/mol. The number of allylic oxidation sites excluding steroid dienone is 2. The van der Waals surface area contributed by atoms with Gasteiger partial charge in [0, 0.05) is 5.33 Å². The molecule has 0 unspecified atom stereocenters. The maximum atomic E-state index is 3.48. The Morgan fingerprint density at radius 2 is 1.12 bits per heavy atom. The summed E-state index contributed by atoms with van der Waals surface area (Å²) in [5.74, 6) is 0. The Kier molecular flexibility index (Phi) is 16.4. The van der Waals surface area contributed by atoms with Crippen LogP contribution in [-0.4, -0.2) is 5.33 Å². The zero-order valence-electron chi connectivity index (χ0n) is 11.7. The lowest BCUT2D eigenvalue weighted by Gasteiger charge is -2.00. The summed E-state index contributed by atoms with van der Waals surface area (Å²) in [5, 5.41) is 1.18. The lowest BCUT2D eigenvalue weighted by atomic mass is 10.1. The van der Waals surface area contributed by atoms with Gasteiger partial charge in [-0.3, -0.25) is 0 Å². The molecule has 0 atom stereocenters. The highest BCUT2D eigenvalue weighted by molar-refractivity contribution is 9.09. The summed E-state index contributed by atoms with van der Waals surface area (Å²) in [5.41, 5.74) is 0. The van der Waals surface area contributed by atoms with Crippen LogP contribution in [0.4, 0.5) is 0 Å². The molecule has 0 aromatic carbocycles. The Morgan fingerprint density at radius 1 is 0.647 bits per heavy atom. The maximum Gasteiger partial charge on any atom is 0.00313 e. The van der Waals surface area contributed by atoms with E-state index >= 15 is 0 Å².